The van der Waals surface area contributed by atoms with Gasteiger partial charge in [0, 0.05) is 6.07 Å². The first kappa shape index (κ1) is 14.6. The summed E-state index contributed by atoms with van der Waals surface area (Å²) >= 11 is 11.6. The molecule has 17 heavy (non-hydrogen) atoms. The van der Waals surface area contributed by atoms with Crippen LogP contribution < -0.4 is 9.88 Å². The smallest absolute Gasteiger partial charge is 0.209 e. The average Bonchev–Trinajstić information content (AvgIpc) is 2.21. The van der Waals surface area contributed by atoms with Crippen molar-refractivity contribution in [3.63, 3.8) is 0 Å². The van der Waals surface area contributed by atoms with Crippen molar-refractivity contribution in [1.29, 1.82) is 0 Å². The van der Waals surface area contributed by atoms with Crippen LogP contribution in [-0.4, -0.2) is 20.8 Å². The van der Waals surface area contributed by atoms with Crippen LogP contribution in [0.25, 0.3) is 0 Å². The van der Waals surface area contributed by atoms with Gasteiger partial charge in [0.2, 0.25) is 10.0 Å². The molecular formula is C10H13Cl2NO3S. The molecule has 1 aromatic carbocycles. The molecule has 0 aliphatic heterocycles. The highest BCUT2D eigenvalue weighted by atomic mass is 35.5. The maximum atomic E-state index is 10.7. The maximum absolute atomic E-state index is 10.7. The van der Waals surface area contributed by atoms with E-state index in [2.05, 4.69) is 0 Å². The molecule has 1 aromatic rings. The van der Waals surface area contributed by atoms with Gasteiger partial charge in [0.05, 0.1) is 22.4 Å². The van der Waals surface area contributed by atoms with E-state index in [0.717, 1.165) is 0 Å². The first-order valence-electron chi connectivity index (χ1n) is 4.97. The fourth-order valence-electron chi connectivity index (χ4n) is 1.16. The summed E-state index contributed by atoms with van der Waals surface area (Å²) in [5.41, 5.74) is 0. The zero-order chi connectivity index (χ0) is 12.9. The molecule has 0 unspecified atom stereocenters. The average molecular weight is 298 g/mol. The van der Waals surface area contributed by atoms with Gasteiger partial charge in [-0.2, -0.15) is 0 Å². The second-order valence-electron chi connectivity index (χ2n) is 3.50. The molecule has 1 rings (SSSR count). The van der Waals surface area contributed by atoms with Crippen molar-refractivity contribution in [3.05, 3.63) is 28.2 Å². The molecule has 0 saturated carbocycles. The second kappa shape index (κ2) is 6.44. The lowest BCUT2D eigenvalue weighted by molar-refractivity contribution is 0.309. The fourth-order valence-corrected chi connectivity index (χ4v) is 2.06. The minimum absolute atomic E-state index is 0.0300. The van der Waals surface area contributed by atoms with Crippen LogP contribution in [0.5, 0.6) is 5.75 Å². The van der Waals surface area contributed by atoms with E-state index in [1.54, 1.807) is 18.2 Å². The van der Waals surface area contributed by atoms with E-state index in [0.29, 0.717) is 35.2 Å². The van der Waals surface area contributed by atoms with Crippen LogP contribution in [0, 0.1) is 0 Å². The van der Waals surface area contributed by atoms with Crippen molar-refractivity contribution in [2.24, 2.45) is 5.14 Å². The molecule has 7 heteroatoms. The van der Waals surface area contributed by atoms with Gasteiger partial charge in [-0.3, -0.25) is 0 Å². The van der Waals surface area contributed by atoms with E-state index in [1.807, 2.05) is 0 Å². The summed E-state index contributed by atoms with van der Waals surface area (Å²) in [5.74, 6) is 0.576. The zero-order valence-electron chi connectivity index (χ0n) is 9.03. The van der Waals surface area contributed by atoms with Crippen LogP contribution in [-0.2, 0) is 10.0 Å². The molecule has 4 nitrogen and oxygen atoms in total. The van der Waals surface area contributed by atoms with Gasteiger partial charge < -0.3 is 4.74 Å². The van der Waals surface area contributed by atoms with Gasteiger partial charge in [0.1, 0.15) is 5.75 Å². The molecule has 0 fully saturated rings. The summed E-state index contributed by atoms with van der Waals surface area (Å²) < 4.78 is 26.7. The summed E-state index contributed by atoms with van der Waals surface area (Å²) in [4.78, 5) is 0. The maximum Gasteiger partial charge on any atom is 0.209 e. The van der Waals surface area contributed by atoms with Gasteiger partial charge in [0.25, 0.3) is 0 Å². The van der Waals surface area contributed by atoms with Crippen LogP contribution in [0.3, 0.4) is 0 Å². The third kappa shape index (κ3) is 6.12. The third-order valence-corrected chi connectivity index (χ3v) is 3.58. The van der Waals surface area contributed by atoms with Gasteiger partial charge in [-0.1, -0.05) is 23.2 Å². The van der Waals surface area contributed by atoms with Crippen LogP contribution in [0.2, 0.25) is 10.0 Å². The van der Waals surface area contributed by atoms with Gasteiger partial charge in [-0.05, 0) is 25.0 Å². The topological polar surface area (TPSA) is 69.4 Å². The SMILES string of the molecule is NS(=O)(=O)CCCCOc1ccc(Cl)c(Cl)c1. The van der Waals surface area contributed by atoms with Crippen LogP contribution in [0.4, 0.5) is 0 Å². The van der Waals surface area contributed by atoms with Crippen molar-refractivity contribution in [3.8, 4) is 5.75 Å². The summed E-state index contributed by atoms with van der Waals surface area (Å²) in [6.45, 7) is 0.410. The van der Waals surface area contributed by atoms with Gasteiger partial charge in [-0.25, -0.2) is 13.6 Å². The number of ether oxygens (including phenoxy) is 1. The van der Waals surface area contributed by atoms with E-state index >= 15 is 0 Å². The van der Waals surface area contributed by atoms with Crippen molar-refractivity contribution < 1.29 is 13.2 Å². The standard InChI is InChI=1S/C10H13Cl2NO3S/c11-9-4-3-8(7-10(9)12)16-5-1-2-6-17(13,14)15/h3-4,7H,1-2,5-6H2,(H2,13,14,15). The van der Waals surface area contributed by atoms with Crippen molar-refractivity contribution in [1.82, 2.24) is 0 Å². The molecule has 0 aromatic heterocycles. The van der Waals surface area contributed by atoms with Crippen LogP contribution in [0.1, 0.15) is 12.8 Å². The number of hydrogen-bond acceptors (Lipinski definition) is 3. The van der Waals surface area contributed by atoms with Crippen molar-refractivity contribution in [2.75, 3.05) is 12.4 Å². The molecule has 0 heterocycles. The quantitative estimate of drug-likeness (QED) is 0.820. The number of nitrogens with two attached hydrogens (primary N) is 1. The number of sulfonamides is 1. The number of unbranched alkanes of at least 4 members (excludes halogenated alkanes) is 1. The molecule has 0 bridgehead atoms. The van der Waals surface area contributed by atoms with Gasteiger partial charge >= 0.3 is 0 Å². The first-order chi connectivity index (χ1) is 7.88. The summed E-state index contributed by atoms with van der Waals surface area (Å²) in [6, 6.07) is 4.96. The monoisotopic (exact) mass is 297 g/mol. The molecular weight excluding hydrogens is 285 g/mol. The minimum Gasteiger partial charge on any atom is -0.494 e. The molecule has 0 amide bonds. The van der Waals surface area contributed by atoms with E-state index in [4.69, 9.17) is 33.1 Å². The highest BCUT2D eigenvalue weighted by Crippen LogP contribution is 2.26. The molecule has 0 atom stereocenters. The fraction of sp³-hybridized carbons (Fsp3) is 0.400. The van der Waals surface area contributed by atoms with Gasteiger partial charge in [-0.15, -0.1) is 0 Å². The number of hydrogen-bond donors (Lipinski definition) is 1. The predicted molar refractivity (Wildman–Crippen MR) is 69.2 cm³/mol. The molecule has 0 radical (unpaired) electrons. The number of benzene rings is 1. The highest BCUT2D eigenvalue weighted by Gasteiger charge is 2.03. The third-order valence-electron chi connectivity index (χ3n) is 1.98. The molecule has 0 aliphatic carbocycles. The molecule has 96 valence electrons. The lowest BCUT2D eigenvalue weighted by Gasteiger charge is -2.06. The number of primary sulfonamides is 1. The van der Waals surface area contributed by atoms with E-state index < -0.39 is 10.0 Å². The number of halogens is 2. The largest absolute Gasteiger partial charge is 0.494 e. The molecule has 0 saturated heterocycles. The Labute approximate surface area is 111 Å². The Balaban J connectivity index is 2.29. The first-order valence-corrected chi connectivity index (χ1v) is 7.44. The predicted octanol–water partition coefficient (Wildman–Crippen LogP) is 2.44. The Morgan fingerprint density at radius 1 is 1.18 bits per heavy atom. The Morgan fingerprint density at radius 3 is 2.47 bits per heavy atom. The summed E-state index contributed by atoms with van der Waals surface area (Å²) in [6.07, 6.45) is 1.08. The van der Waals surface area contributed by atoms with Crippen molar-refractivity contribution >= 4 is 33.2 Å². The highest BCUT2D eigenvalue weighted by molar-refractivity contribution is 7.89. The van der Waals surface area contributed by atoms with Crippen molar-refractivity contribution in [2.45, 2.75) is 12.8 Å². The lowest BCUT2D eigenvalue weighted by atomic mass is 10.3. The van der Waals surface area contributed by atoms with Gasteiger partial charge in [0.15, 0.2) is 0 Å². The Kier molecular flexibility index (Phi) is 5.52. The second-order valence-corrected chi connectivity index (χ2v) is 6.05. The van der Waals surface area contributed by atoms with E-state index in [9.17, 15) is 8.42 Å². The summed E-state index contributed by atoms with van der Waals surface area (Å²) in [5, 5.41) is 5.76. The van der Waals surface area contributed by atoms with Crippen LogP contribution in [0.15, 0.2) is 18.2 Å². The zero-order valence-corrected chi connectivity index (χ0v) is 11.4. The molecule has 0 aliphatic rings. The Morgan fingerprint density at radius 2 is 1.88 bits per heavy atom. The number of rotatable bonds is 6. The molecule has 2 N–H and O–H groups in total. The Bertz CT molecular complexity index is 476. The molecule has 0 spiro atoms. The van der Waals surface area contributed by atoms with E-state index in [-0.39, 0.29) is 5.75 Å². The van der Waals surface area contributed by atoms with Crippen LogP contribution >= 0.6 is 23.2 Å². The van der Waals surface area contributed by atoms with E-state index in [1.165, 1.54) is 0 Å². The Hall–Kier alpha value is -0.490. The lowest BCUT2D eigenvalue weighted by Crippen LogP contribution is -2.16. The summed E-state index contributed by atoms with van der Waals surface area (Å²) in [7, 11) is -3.38. The normalized spacial score (nSPS) is 11.5. The minimum atomic E-state index is -3.38.